The third-order valence-corrected chi connectivity index (χ3v) is 4.67. The molecule has 1 atom stereocenters. The number of hydrogen-bond acceptors (Lipinski definition) is 3. The number of aromatic nitrogens is 1. The van der Waals surface area contributed by atoms with E-state index in [4.69, 9.17) is 5.11 Å². The molecule has 1 aliphatic rings. The highest BCUT2D eigenvalue weighted by molar-refractivity contribution is 5.95. The molecule has 1 saturated heterocycles. The molecule has 2 heterocycles. The predicted octanol–water partition coefficient (Wildman–Crippen LogP) is 3.61. The quantitative estimate of drug-likeness (QED) is 0.904. The second-order valence-corrected chi connectivity index (χ2v) is 6.41. The predicted molar refractivity (Wildman–Crippen MR) is 95.2 cm³/mol. The first-order valence-electron chi connectivity index (χ1n) is 8.68. The molecule has 0 aliphatic carbocycles. The molecule has 1 fully saturated rings. The molecule has 1 N–H and O–H groups in total. The van der Waals surface area contributed by atoms with E-state index in [0.29, 0.717) is 18.5 Å². The maximum Gasteiger partial charge on any atom is 0.303 e. The summed E-state index contributed by atoms with van der Waals surface area (Å²) in [5, 5.41) is 8.94. The Morgan fingerprint density at radius 2 is 1.92 bits per heavy atom. The van der Waals surface area contributed by atoms with Crippen LogP contribution in [0.2, 0.25) is 0 Å². The fourth-order valence-electron chi connectivity index (χ4n) is 3.37. The number of hydrogen-bond donors (Lipinski definition) is 1. The second kappa shape index (κ2) is 7.92. The van der Waals surface area contributed by atoms with Gasteiger partial charge < -0.3 is 10.0 Å². The Hall–Kier alpha value is -2.69. The van der Waals surface area contributed by atoms with Crippen LogP contribution >= 0.6 is 0 Å². The van der Waals surface area contributed by atoms with Crippen LogP contribution in [-0.4, -0.2) is 39.5 Å². The normalized spacial score (nSPS) is 17.3. The van der Waals surface area contributed by atoms with Crippen molar-refractivity contribution >= 4 is 11.9 Å². The van der Waals surface area contributed by atoms with Crippen LogP contribution < -0.4 is 0 Å². The van der Waals surface area contributed by atoms with Gasteiger partial charge in [0, 0.05) is 37.0 Å². The van der Waals surface area contributed by atoms with Gasteiger partial charge in [0.1, 0.15) is 0 Å². The molecule has 0 spiro atoms. The van der Waals surface area contributed by atoms with Crippen LogP contribution in [0.15, 0.2) is 48.8 Å². The summed E-state index contributed by atoms with van der Waals surface area (Å²) >= 11 is 0. The first kappa shape index (κ1) is 17.1. The van der Waals surface area contributed by atoms with Crippen molar-refractivity contribution in [2.24, 2.45) is 0 Å². The van der Waals surface area contributed by atoms with Gasteiger partial charge in [-0.25, -0.2) is 0 Å². The minimum absolute atomic E-state index is 0.00210. The molecule has 2 aromatic rings. The van der Waals surface area contributed by atoms with E-state index in [9.17, 15) is 9.59 Å². The summed E-state index contributed by atoms with van der Waals surface area (Å²) in [6.07, 6.45) is 6.81. The standard InChI is InChI=1S/C20H22N2O3/c23-19(24)10-9-18-8-4-5-11-22(18)20(25)17-12-16(13-21-14-17)15-6-2-1-3-7-15/h1-3,6-7,12-14,18H,4-5,8-11H2,(H,23,24). The van der Waals surface area contributed by atoms with Crippen molar-refractivity contribution in [1.82, 2.24) is 9.88 Å². The van der Waals surface area contributed by atoms with Crippen LogP contribution in [0.4, 0.5) is 0 Å². The minimum Gasteiger partial charge on any atom is -0.481 e. The number of likely N-dealkylation sites (tertiary alicyclic amines) is 1. The number of carbonyl (C=O) groups is 2. The molecule has 1 aliphatic heterocycles. The van der Waals surface area contributed by atoms with Crippen LogP contribution in [0.3, 0.4) is 0 Å². The van der Waals surface area contributed by atoms with Crippen LogP contribution in [-0.2, 0) is 4.79 Å². The Bertz CT molecular complexity index is 746. The third kappa shape index (κ3) is 4.24. The zero-order chi connectivity index (χ0) is 17.6. The minimum atomic E-state index is -0.814. The van der Waals surface area contributed by atoms with Crippen LogP contribution in [0.1, 0.15) is 42.5 Å². The van der Waals surface area contributed by atoms with E-state index >= 15 is 0 Å². The zero-order valence-corrected chi connectivity index (χ0v) is 14.1. The fourth-order valence-corrected chi connectivity index (χ4v) is 3.37. The van der Waals surface area contributed by atoms with E-state index in [-0.39, 0.29) is 18.4 Å². The fraction of sp³-hybridized carbons (Fsp3) is 0.350. The van der Waals surface area contributed by atoms with E-state index in [1.807, 2.05) is 41.3 Å². The van der Waals surface area contributed by atoms with Crippen LogP contribution in [0.25, 0.3) is 11.1 Å². The van der Waals surface area contributed by atoms with Crippen molar-refractivity contribution in [3.8, 4) is 11.1 Å². The molecule has 1 unspecified atom stereocenters. The second-order valence-electron chi connectivity index (χ2n) is 6.41. The van der Waals surface area contributed by atoms with Gasteiger partial charge in [0.2, 0.25) is 0 Å². The Morgan fingerprint density at radius 1 is 1.12 bits per heavy atom. The third-order valence-electron chi connectivity index (χ3n) is 4.67. The molecule has 0 bridgehead atoms. The number of amides is 1. The Labute approximate surface area is 147 Å². The van der Waals surface area contributed by atoms with Gasteiger partial charge in [-0.2, -0.15) is 0 Å². The van der Waals surface area contributed by atoms with Crippen molar-refractivity contribution in [3.05, 3.63) is 54.4 Å². The van der Waals surface area contributed by atoms with Gasteiger partial charge in [0.05, 0.1) is 5.56 Å². The Balaban J connectivity index is 1.80. The molecule has 0 radical (unpaired) electrons. The summed E-state index contributed by atoms with van der Waals surface area (Å²) in [6.45, 7) is 0.679. The highest BCUT2D eigenvalue weighted by Crippen LogP contribution is 2.25. The molecular formula is C20H22N2O3. The lowest BCUT2D eigenvalue weighted by atomic mass is 9.96. The Morgan fingerprint density at radius 3 is 2.68 bits per heavy atom. The van der Waals surface area contributed by atoms with Crippen molar-refractivity contribution in [2.45, 2.75) is 38.1 Å². The smallest absolute Gasteiger partial charge is 0.303 e. The van der Waals surface area contributed by atoms with Gasteiger partial charge in [-0.3, -0.25) is 14.6 Å². The summed E-state index contributed by atoms with van der Waals surface area (Å²) in [4.78, 5) is 29.9. The van der Waals surface area contributed by atoms with Crippen molar-refractivity contribution in [1.29, 1.82) is 0 Å². The average molecular weight is 338 g/mol. The first-order chi connectivity index (χ1) is 12.1. The molecule has 1 aromatic carbocycles. The lowest BCUT2D eigenvalue weighted by Crippen LogP contribution is -2.44. The molecule has 0 saturated carbocycles. The van der Waals surface area contributed by atoms with Crippen molar-refractivity contribution < 1.29 is 14.7 Å². The molecule has 1 amide bonds. The lowest BCUT2D eigenvalue weighted by molar-refractivity contribution is -0.137. The largest absolute Gasteiger partial charge is 0.481 e. The van der Waals surface area contributed by atoms with E-state index < -0.39 is 5.97 Å². The number of carboxylic acid groups (broad SMARTS) is 1. The average Bonchev–Trinajstić information content (AvgIpc) is 2.67. The molecule has 25 heavy (non-hydrogen) atoms. The number of aliphatic carboxylic acids is 1. The van der Waals surface area contributed by atoms with E-state index in [1.54, 1.807) is 12.4 Å². The van der Waals surface area contributed by atoms with Gasteiger partial charge in [0.15, 0.2) is 0 Å². The van der Waals surface area contributed by atoms with Gasteiger partial charge >= 0.3 is 5.97 Å². The van der Waals surface area contributed by atoms with Gasteiger partial charge in [-0.15, -0.1) is 0 Å². The van der Waals surface area contributed by atoms with E-state index in [0.717, 1.165) is 30.4 Å². The summed E-state index contributed by atoms with van der Waals surface area (Å²) in [5.41, 5.74) is 2.49. The Kier molecular flexibility index (Phi) is 5.43. The summed E-state index contributed by atoms with van der Waals surface area (Å²) < 4.78 is 0. The number of pyridine rings is 1. The molecule has 3 rings (SSSR count). The molecule has 1 aromatic heterocycles. The molecule has 5 heteroatoms. The van der Waals surface area contributed by atoms with Gasteiger partial charge in [-0.05, 0) is 37.3 Å². The summed E-state index contributed by atoms with van der Waals surface area (Å²) in [7, 11) is 0. The molecule has 130 valence electrons. The number of benzene rings is 1. The van der Waals surface area contributed by atoms with Crippen LogP contribution in [0.5, 0.6) is 0 Å². The monoisotopic (exact) mass is 338 g/mol. The topological polar surface area (TPSA) is 70.5 Å². The maximum absolute atomic E-state index is 13.0. The lowest BCUT2D eigenvalue weighted by Gasteiger charge is -2.35. The zero-order valence-electron chi connectivity index (χ0n) is 14.1. The summed E-state index contributed by atoms with van der Waals surface area (Å²) in [6, 6.07) is 11.7. The number of carboxylic acids is 1. The van der Waals surface area contributed by atoms with Crippen molar-refractivity contribution in [3.63, 3.8) is 0 Å². The van der Waals surface area contributed by atoms with Gasteiger partial charge in [-0.1, -0.05) is 30.3 Å². The van der Waals surface area contributed by atoms with Crippen molar-refractivity contribution in [2.75, 3.05) is 6.54 Å². The van der Waals surface area contributed by atoms with Gasteiger partial charge in [0.25, 0.3) is 5.91 Å². The number of rotatable bonds is 5. The molecular weight excluding hydrogens is 316 g/mol. The van der Waals surface area contributed by atoms with E-state index in [1.165, 1.54) is 0 Å². The number of carbonyl (C=O) groups excluding carboxylic acids is 1. The first-order valence-corrected chi connectivity index (χ1v) is 8.68. The highest BCUT2D eigenvalue weighted by Gasteiger charge is 2.28. The number of nitrogens with zero attached hydrogens (tertiary/aromatic N) is 2. The number of piperidine rings is 1. The maximum atomic E-state index is 13.0. The highest BCUT2D eigenvalue weighted by atomic mass is 16.4. The molecule has 5 nitrogen and oxygen atoms in total. The summed E-state index contributed by atoms with van der Waals surface area (Å²) in [5.74, 6) is -0.869. The van der Waals surface area contributed by atoms with Crippen LogP contribution in [0, 0.1) is 0 Å². The van der Waals surface area contributed by atoms with E-state index in [2.05, 4.69) is 4.98 Å². The SMILES string of the molecule is O=C(O)CCC1CCCCN1C(=O)c1cncc(-c2ccccc2)c1.